The Morgan fingerprint density at radius 1 is 1.11 bits per heavy atom. The van der Waals surface area contributed by atoms with Crippen molar-refractivity contribution in [3.8, 4) is 0 Å². The fourth-order valence-electron chi connectivity index (χ4n) is 2.50. The molecule has 10 heteroatoms. The number of aromatic nitrogens is 2. The Balaban J connectivity index is 2.02. The smallest absolute Gasteiger partial charge is 0.354 e. The highest BCUT2D eigenvalue weighted by Gasteiger charge is 2.23. The molecule has 1 aromatic heterocycles. The first-order valence-electron chi connectivity index (χ1n) is 7.84. The summed E-state index contributed by atoms with van der Waals surface area (Å²) in [5, 5.41) is 22.6. The van der Waals surface area contributed by atoms with E-state index in [1.54, 1.807) is 18.2 Å². The molecule has 3 aromatic rings. The highest BCUT2D eigenvalue weighted by atomic mass is 16.6. The average molecular weight is 380 g/mol. The predicted octanol–water partition coefficient (Wildman–Crippen LogP) is 2.50. The van der Waals surface area contributed by atoms with Crippen molar-refractivity contribution in [2.24, 2.45) is 0 Å². The first-order valence-corrected chi connectivity index (χ1v) is 7.84. The summed E-state index contributed by atoms with van der Waals surface area (Å²) in [5.41, 5.74) is -0.989. The molecule has 0 unspecified atom stereocenters. The molecule has 0 atom stereocenters. The molecule has 10 nitrogen and oxygen atoms in total. The average Bonchev–Trinajstić information content (AvgIpc) is 3.18. The van der Waals surface area contributed by atoms with Gasteiger partial charge in [-0.25, -0.2) is 9.78 Å². The maximum Gasteiger partial charge on any atom is 0.354 e. The Morgan fingerprint density at radius 2 is 1.82 bits per heavy atom. The van der Waals surface area contributed by atoms with Gasteiger partial charge in [-0.05, 0) is 6.07 Å². The predicted molar refractivity (Wildman–Crippen MR) is 96.5 cm³/mol. The topological polar surface area (TPSA) is 155 Å². The number of nitro benzene ring substituents is 1. The summed E-state index contributed by atoms with van der Waals surface area (Å²) in [4.78, 5) is 52.8. The monoisotopic (exact) mass is 380 g/mol. The summed E-state index contributed by atoms with van der Waals surface area (Å²) in [6, 6.07) is 11.4. The van der Waals surface area contributed by atoms with Gasteiger partial charge in [-0.15, -0.1) is 0 Å². The van der Waals surface area contributed by atoms with Crippen molar-refractivity contribution >= 4 is 29.0 Å². The maximum absolute atomic E-state index is 12.8. The minimum Gasteiger partial charge on any atom is -0.477 e. The third-order valence-electron chi connectivity index (χ3n) is 3.81. The van der Waals surface area contributed by atoms with E-state index in [0.29, 0.717) is 0 Å². The Morgan fingerprint density at radius 3 is 2.46 bits per heavy atom. The molecule has 0 aliphatic carbocycles. The SMILES string of the molecule is O=C(c1ccccc1)c1cc([N+](=O)[O-])ccc1NC(=O)c1nc[nH]c1C(=O)O. The number of carboxylic acids is 1. The fourth-order valence-corrected chi connectivity index (χ4v) is 2.50. The number of nitrogens with zero attached hydrogens (tertiary/aromatic N) is 2. The zero-order chi connectivity index (χ0) is 20.3. The summed E-state index contributed by atoms with van der Waals surface area (Å²) in [7, 11) is 0. The zero-order valence-electron chi connectivity index (χ0n) is 14.1. The Labute approximate surface area is 157 Å². The molecular formula is C18H12N4O6. The van der Waals surface area contributed by atoms with E-state index in [2.05, 4.69) is 15.3 Å². The van der Waals surface area contributed by atoms with Crippen LogP contribution in [0, 0.1) is 10.1 Å². The molecule has 3 rings (SSSR count). The number of benzene rings is 2. The number of aromatic carboxylic acids is 1. The van der Waals surface area contributed by atoms with Crippen LogP contribution in [0.5, 0.6) is 0 Å². The molecule has 2 aromatic carbocycles. The van der Waals surface area contributed by atoms with Crippen LogP contribution in [-0.4, -0.2) is 37.7 Å². The number of nitrogens with one attached hydrogen (secondary N) is 2. The maximum atomic E-state index is 12.8. The molecule has 0 saturated carbocycles. The molecule has 140 valence electrons. The van der Waals surface area contributed by atoms with Crippen LogP contribution in [0.1, 0.15) is 36.9 Å². The van der Waals surface area contributed by atoms with Crippen LogP contribution in [0.4, 0.5) is 11.4 Å². The number of anilines is 1. The van der Waals surface area contributed by atoms with Gasteiger partial charge in [-0.1, -0.05) is 30.3 Å². The van der Waals surface area contributed by atoms with Crippen molar-refractivity contribution in [1.82, 2.24) is 9.97 Å². The summed E-state index contributed by atoms with van der Waals surface area (Å²) < 4.78 is 0. The molecule has 0 bridgehead atoms. The van der Waals surface area contributed by atoms with Crippen molar-refractivity contribution in [3.63, 3.8) is 0 Å². The van der Waals surface area contributed by atoms with Crippen LogP contribution in [0.25, 0.3) is 0 Å². The first-order chi connectivity index (χ1) is 13.4. The molecule has 0 aliphatic heterocycles. The van der Waals surface area contributed by atoms with Crippen molar-refractivity contribution in [3.05, 3.63) is 87.5 Å². The van der Waals surface area contributed by atoms with Crippen LogP contribution >= 0.6 is 0 Å². The number of H-pyrrole nitrogens is 1. The summed E-state index contributed by atoms with van der Waals surface area (Å²) >= 11 is 0. The molecule has 0 aliphatic rings. The van der Waals surface area contributed by atoms with Gasteiger partial charge >= 0.3 is 5.97 Å². The minimum atomic E-state index is -1.38. The Bertz CT molecular complexity index is 1090. The molecule has 0 saturated heterocycles. The van der Waals surface area contributed by atoms with E-state index in [0.717, 1.165) is 18.5 Å². The number of carboxylic acid groups (broad SMARTS) is 1. The van der Waals surface area contributed by atoms with E-state index in [1.807, 2.05) is 0 Å². The van der Waals surface area contributed by atoms with Gasteiger partial charge in [0.05, 0.1) is 22.5 Å². The second-order valence-corrected chi connectivity index (χ2v) is 5.57. The van der Waals surface area contributed by atoms with Gasteiger partial charge in [-0.2, -0.15) is 0 Å². The van der Waals surface area contributed by atoms with Gasteiger partial charge in [0.2, 0.25) is 0 Å². The van der Waals surface area contributed by atoms with E-state index >= 15 is 0 Å². The number of carbonyl (C=O) groups excluding carboxylic acids is 2. The molecule has 28 heavy (non-hydrogen) atoms. The Hall–Kier alpha value is -4.34. The lowest BCUT2D eigenvalue weighted by molar-refractivity contribution is -0.384. The molecule has 0 fully saturated rings. The van der Waals surface area contributed by atoms with Crippen molar-refractivity contribution < 1.29 is 24.4 Å². The molecule has 3 N–H and O–H groups in total. The number of imidazole rings is 1. The van der Waals surface area contributed by atoms with Crippen LogP contribution in [-0.2, 0) is 0 Å². The minimum absolute atomic E-state index is 0.0104. The third-order valence-corrected chi connectivity index (χ3v) is 3.81. The number of ketones is 1. The van der Waals surface area contributed by atoms with Gasteiger partial charge in [0, 0.05) is 17.7 Å². The van der Waals surface area contributed by atoms with Crippen molar-refractivity contribution in [1.29, 1.82) is 0 Å². The van der Waals surface area contributed by atoms with Crippen LogP contribution in [0.15, 0.2) is 54.9 Å². The van der Waals surface area contributed by atoms with Gasteiger partial charge in [0.15, 0.2) is 17.2 Å². The fraction of sp³-hybridized carbons (Fsp3) is 0. The van der Waals surface area contributed by atoms with Gasteiger partial charge in [0.25, 0.3) is 11.6 Å². The highest BCUT2D eigenvalue weighted by Crippen LogP contribution is 2.25. The third kappa shape index (κ3) is 3.60. The number of aromatic amines is 1. The highest BCUT2D eigenvalue weighted by molar-refractivity contribution is 6.16. The number of hydrogen-bond donors (Lipinski definition) is 3. The van der Waals surface area contributed by atoms with E-state index < -0.39 is 28.3 Å². The van der Waals surface area contributed by atoms with Crippen molar-refractivity contribution in [2.75, 3.05) is 5.32 Å². The normalized spacial score (nSPS) is 10.3. The molecule has 1 amide bonds. The molecule has 1 heterocycles. The summed E-state index contributed by atoms with van der Waals surface area (Å²) in [5.74, 6) is -2.80. The quantitative estimate of drug-likeness (QED) is 0.337. The van der Waals surface area contributed by atoms with E-state index in [4.69, 9.17) is 5.11 Å². The molecule has 0 spiro atoms. The number of hydrogen-bond acceptors (Lipinski definition) is 6. The van der Waals surface area contributed by atoms with Crippen LogP contribution in [0.3, 0.4) is 0 Å². The van der Waals surface area contributed by atoms with Crippen LogP contribution in [0.2, 0.25) is 0 Å². The summed E-state index contributed by atoms with van der Waals surface area (Å²) in [6.07, 6.45) is 1.05. The number of amides is 1. The van der Waals surface area contributed by atoms with E-state index in [9.17, 15) is 24.5 Å². The Kier molecular flexibility index (Phi) is 4.94. The number of nitro groups is 1. The van der Waals surface area contributed by atoms with E-state index in [-0.39, 0.29) is 28.2 Å². The second-order valence-electron chi connectivity index (χ2n) is 5.57. The molecule has 0 radical (unpaired) electrons. The van der Waals surface area contributed by atoms with E-state index in [1.165, 1.54) is 18.2 Å². The van der Waals surface area contributed by atoms with Gasteiger partial charge in [-0.3, -0.25) is 19.7 Å². The van der Waals surface area contributed by atoms with Crippen LogP contribution < -0.4 is 5.32 Å². The molecular weight excluding hydrogens is 368 g/mol. The van der Waals surface area contributed by atoms with Gasteiger partial charge < -0.3 is 15.4 Å². The lowest BCUT2D eigenvalue weighted by atomic mass is 10.0. The number of carbonyl (C=O) groups is 3. The largest absolute Gasteiger partial charge is 0.477 e. The summed E-state index contributed by atoms with van der Waals surface area (Å²) in [6.45, 7) is 0. The lowest BCUT2D eigenvalue weighted by Gasteiger charge is -2.10. The second kappa shape index (κ2) is 7.50. The van der Waals surface area contributed by atoms with Crippen molar-refractivity contribution in [2.45, 2.75) is 0 Å². The van der Waals surface area contributed by atoms with Gasteiger partial charge in [0.1, 0.15) is 0 Å². The number of non-ortho nitro benzene ring substituents is 1. The zero-order valence-corrected chi connectivity index (χ0v) is 14.1. The number of rotatable bonds is 6. The first kappa shape index (κ1) is 18.5. The standard InChI is InChI=1S/C18H12N4O6/c23-16(10-4-2-1-3-5-10)12-8-11(22(27)28)6-7-13(12)21-17(24)14-15(18(25)26)20-9-19-14/h1-9H,(H,19,20)(H,21,24)(H,25,26). The lowest BCUT2D eigenvalue weighted by Crippen LogP contribution is -2.18.